The number of benzene rings is 1. The molecule has 0 bridgehead atoms. The van der Waals surface area contributed by atoms with Crippen molar-refractivity contribution in [1.29, 1.82) is 0 Å². The summed E-state index contributed by atoms with van der Waals surface area (Å²) in [6.45, 7) is 3.66. The average molecular weight is 280 g/mol. The maximum absolute atomic E-state index is 9.21. The van der Waals surface area contributed by atoms with Gasteiger partial charge in [0.1, 0.15) is 0 Å². The molecule has 19 heavy (non-hydrogen) atoms. The van der Waals surface area contributed by atoms with Crippen molar-refractivity contribution >= 4 is 28.2 Å². The molecule has 1 heterocycles. The lowest BCUT2D eigenvalue weighted by atomic mass is 10.2. The second-order valence-electron chi connectivity index (χ2n) is 4.42. The van der Waals surface area contributed by atoms with Crippen LogP contribution in [0.1, 0.15) is 19.8 Å². The van der Waals surface area contributed by atoms with Gasteiger partial charge in [-0.2, -0.15) is 0 Å². The highest BCUT2D eigenvalue weighted by Gasteiger charge is 2.13. The monoisotopic (exact) mass is 279 g/mol. The Labute approximate surface area is 118 Å². The topological polar surface area (TPSA) is 49.2 Å². The highest BCUT2D eigenvalue weighted by molar-refractivity contribution is 6.34. The van der Waals surface area contributed by atoms with E-state index in [1.165, 1.54) is 0 Å². The Morgan fingerprint density at radius 3 is 2.58 bits per heavy atom. The number of aliphatic hydroxyl groups excluding tert-OH is 1. The lowest BCUT2D eigenvalue weighted by Gasteiger charge is -2.23. The van der Waals surface area contributed by atoms with E-state index >= 15 is 0 Å². The molecule has 0 atom stereocenters. The van der Waals surface area contributed by atoms with Gasteiger partial charge in [-0.15, -0.1) is 10.2 Å². The number of fused-ring (bicyclic) bond motifs is 1. The van der Waals surface area contributed by atoms with Crippen LogP contribution in [0.5, 0.6) is 0 Å². The third-order valence-corrected chi connectivity index (χ3v) is 3.35. The number of unbranched alkanes of at least 4 members (excludes halogenated alkanes) is 1. The Kier molecular flexibility index (Phi) is 4.93. The molecule has 2 aromatic rings. The van der Waals surface area contributed by atoms with E-state index in [1.54, 1.807) is 0 Å². The zero-order valence-corrected chi connectivity index (χ0v) is 11.8. The fourth-order valence-corrected chi connectivity index (χ4v) is 2.29. The molecule has 1 N–H and O–H groups in total. The molecule has 1 aromatic heterocycles. The molecule has 2 rings (SSSR count). The molecule has 0 aliphatic rings. The smallest absolute Gasteiger partial charge is 0.159 e. The van der Waals surface area contributed by atoms with Crippen LogP contribution < -0.4 is 4.90 Å². The average Bonchev–Trinajstić information content (AvgIpc) is 2.45. The summed E-state index contributed by atoms with van der Waals surface area (Å²) < 4.78 is 0. The van der Waals surface area contributed by atoms with Crippen LogP contribution in [-0.4, -0.2) is 35.0 Å². The van der Waals surface area contributed by atoms with Crippen molar-refractivity contribution in [3.8, 4) is 0 Å². The first-order chi connectivity index (χ1) is 9.27. The van der Waals surface area contributed by atoms with Crippen LogP contribution in [0.3, 0.4) is 0 Å². The molecule has 0 spiro atoms. The van der Waals surface area contributed by atoms with Crippen LogP contribution >= 0.6 is 11.6 Å². The number of rotatable bonds is 6. The molecule has 0 aliphatic heterocycles. The number of anilines is 1. The van der Waals surface area contributed by atoms with Crippen LogP contribution in [0.25, 0.3) is 10.8 Å². The summed E-state index contributed by atoms with van der Waals surface area (Å²) in [5.41, 5.74) is 0. The van der Waals surface area contributed by atoms with Crippen molar-refractivity contribution in [2.75, 3.05) is 24.6 Å². The van der Waals surface area contributed by atoms with Gasteiger partial charge in [-0.25, -0.2) is 0 Å². The second kappa shape index (κ2) is 6.68. The van der Waals surface area contributed by atoms with E-state index in [2.05, 4.69) is 22.0 Å². The fraction of sp³-hybridized carbons (Fsp3) is 0.429. The quantitative estimate of drug-likeness (QED) is 0.883. The molecule has 4 nitrogen and oxygen atoms in total. The summed E-state index contributed by atoms with van der Waals surface area (Å²) in [7, 11) is 0. The van der Waals surface area contributed by atoms with Crippen LogP contribution in [0.2, 0.25) is 5.15 Å². The molecular weight excluding hydrogens is 262 g/mol. The molecule has 0 fully saturated rings. The molecule has 0 aliphatic carbocycles. The van der Waals surface area contributed by atoms with Gasteiger partial charge in [-0.05, 0) is 6.42 Å². The number of aromatic nitrogens is 2. The van der Waals surface area contributed by atoms with Crippen molar-refractivity contribution < 1.29 is 5.11 Å². The number of hydrogen-bond acceptors (Lipinski definition) is 4. The maximum atomic E-state index is 9.21. The van der Waals surface area contributed by atoms with Crippen molar-refractivity contribution in [3.05, 3.63) is 29.4 Å². The summed E-state index contributed by atoms with van der Waals surface area (Å²) in [5, 5.41) is 19.7. The molecule has 0 unspecified atom stereocenters. The number of nitrogens with zero attached hydrogens (tertiary/aromatic N) is 3. The first kappa shape index (κ1) is 14.0. The summed E-state index contributed by atoms with van der Waals surface area (Å²) in [4.78, 5) is 2.06. The van der Waals surface area contributed by atoms with Gasteiger partial charge in [-0.3, -0.25) is 0 Å². The third-order valence-electron chi connectivity index (χ3n) is 3.07. The number of halogens is 1. The lowest BCUT2D eigenvalue weighted by molar-refractivity contribution is 0.301. The number of aliphatic hydroxyl groups is 1. The van der Waals surface area contributed by atoms with Crippen molar-refractivity contribution in [1.82, 2.24) is 10.2 Å². The van der Waals surface area contributed by atoms with Gasteiger partial charge in [0.15, 0.2) is 11.0 Å². The Bertz CT molecular complexity index is 547. The third kappa shape index (κ3) is 3.14. The SMILES string of the molecule is CCCCN(CCO)c1nnc(Cl)c2ccccc12. The van der Waals surface area contributed by atoms with E-state index in [0.717, 1.165) is 36.0 Å². The highest BCUT2D eigenvalue weighted by atomic mass is 35.5. The molecule has 0 saturated heterocycles. The Balaban J connectivity index is 2.44. The van der Waals surface area contributed by atoms with E-state index in [9.17, 15) is 5.11 Å². The first-order valence-electron chi connectivity index (χ1n) is 6.54. The standard InChI is InChI=1S/C14H18ClN3O/c1-2-3-8-18(9-10-19)14-12-7-5-4-6-11(12)13(15)16-17-14/h4-7,19H,2-3,8-10H2,1H3. The van der Waals surface area contributed by atoms with Gasteiger partial charge in [0.25, 0.3) is 0 Å². The van der Waals surface area contributed by atoms with Gasteiger partial charge < -0.3 is 10.0 Å². The van der Waals surface area contributed by atoms with E-state index in [1.807, 2.05) is 24.3 Å². The minimum atomic E-state index is 0.0996. The van der Waals surface area contributed by atoms with Gasteiger partial charge >= 0.3 is 0 Å². The van der Waals surface area contributed by atoms with Gasteiger partial charge in [0, 0.05) is 23.9 Å². The molecule has 0 radical (unpaired) electrons. The predicted molar refractivity (Wildman–Crippen MR) is 78.8 cm³/mol. The minimum absolute atomic E-state index is 0.0996. The Morgan fingerprint density at radius 1 is 1.16 bits per heavy atom. The first-order valence-corrected chi connectivity index (χ1v) is 6.92. The molecule has 102 valence electrons. The van der Waals surface area contributed by atoms with E-state index < -0.39 is 0 Å². The normalized spacial score (nSPS) is 10.9. The zero-order chi connectivity index (χ0) is 13.7. The second-order valence-corrected chi connectivity index (χ2v) is 4.78. The minimum Gasteiger partial charge on any atom is -0.395 e. The van der Waals surface area contributed by atoms with E-state index in [4.69, 9.17) is 11.6 Å². The summed E-state index contributed by atoms with van der Waals surface area (Å²) in [6, 6.07) is 7.82. The summed E-state index contributed by atoms with van der Waals surface area (Å²) in [5.74, 6) is 0.794. The van der Waals surface area contributed by atoms with Crippen LogP contribution in [0, 0.1) is 0 Å². The largest absolute Gasteiger partial charge is 0.395 e. The van der Waals surface area contributed by atoms with Crippen LogP contribution in [-0.2, 0) is 0 Å². The molecular formula is C14H18ClN3O. The van der Waals surface area contributed by atoms with Crippen LogP contribution in [0.4, 0.5) is 5.82 Å². The highest BCUT2D eigenvalue weighted by Crippen LogP contribution is 2.28. The predicted octanol–water partition coefficient (Wildman–Crippen LogP) is 2.88. The Morgan fingerprint density at radius 2 is 1.89 bits per heavy atom. The van der Waals surface area contributed by atoms with Gasteiger partial charge in [0.05, 0.1) is 6.61 Å². The van der Waals surface area contributed by atoms with E-state index in [0.29, 0.717) is 11.7 Å². The van der Waals surface area contributed by atoms with E-state index in [-0.39, 0.29) is 6.61 Å². The number of hydrogen-bond donors (Lipinski definition) is 1. The maximum Gasteiger partial charge on any atom is 0.159 e. The molecule has 0 amide bonds. The summed E-state index contributed by atoms with van der Waals surface area (Å²) in [6.07, 6.45) is 2.15. The lowest BCUT2D eigenvalue weighted by Crippen LogP contribution is -2.29. The van der Waals surface area contributed by atoms with Crippen molar-refractivity contribution in [2.24, 2.45) is 0 Å². The molecule has 0 saturated carbocycles. The van der Waals surface area contributed by atoms with Crippen molar-refractivity contribution in [3.63, 3.8) is 0 Å². The van der Waals surface area contributed by atoms with Crippen LogP contribution in [0.15, 0.2) is 24.3 Å². The zero-order valence-electron chi connectivity index (χ0n) is 11.0. The molecule has 1 aromatic carbocycles. The molecule has 5 heteroatoms. The van der Waals surface area contributed by atoms with Crippen molar-refractivity contribution in [2.45, 2.75) is 19.8 Å². The Hall–Kier alpha value is -1.39. The summed E-state index contributed by atoms with van der Waals surface area (Å²) >= 11 is 6.07. The fourth-order valence-electron chi connectivity index (χ4n) is 2.08. The van der Waals surface area contributed by atoms with Gasteiger partial charge in [-0.1, -0.05) is 49.2 Å². The van der Waals surface area contributed by atoms with Gasteiger partial charge in [0.2, 0.25) is 0 Å².